The first-order chi connectivity index (χ1) is 6.90. The molecule has 1 aromatic heterocycles. The first-order valence-corrected chi connectivity index (χ1v) is 5.10. The zero-order chi connectivity index (χ0) is 11.9. The van der Waals surface area contributed by atoms with Crippen molar-refractivity contribution in [2.24, 2.45) is 7.05 Å². The lowest BCUT2D eigenvalue weighted by molar-refractivity contribution is -0.674. The Morgan fingerprint density at radius 2 is 2.07 bits per heavy atom. The molecule has 1 heterocycles. The second-order valence-electron chi connectivity index (χ2n) is 2.38. The van der Waals surface area contributed by atoms with E-state index in [1.54, 1.807) is 10.6 Å². The van der Waals surface area contributed by atoms with Crippen molar-refractivity contribution in [3.8, 4) is 6.07 Å². The van der Waals surface area contributed by atoms with Crippen molar-refractivity contribution in [3.05, 3.63) is 30.1 Å². The van der Waals surface area contributed by atoms with Gasteiger partial charge in [0.2, 0.25) is 10.4 Å². The molecule has 0 saturated carbocycles. The van der Waals surface area contributed by atoms with E-state index in [0.717, 1.165) is 7.11 Å². The lowest BCUT2D eigenvalue weighted by Crippen LogP contribution is -2.30. The average Bonchev–Trinajstić information content (AvgIpc) is 2.18. The van der Waals surface area contributed by atoms with Crippen LogP contribution in [0.3, 0.4) is 0 Å². The standard InChI is InChI=1S/C7H7N2.CH4O4S/c1-9-5-3-2-4-7(9)6-8;1-5-6(2,3)4/h2-5H,1H3;1H3,(H,2,3,4)/q+1;/p-1. The van der Waals surface area contributed by atoms with Crippen molar-refractivity contribution < 1.29 is 21.7 Å². The number of hydrogen-bond acceptors (Lipinski definition) is 5. The second kappa shape index (κ2) is 6.08. The quantitative estimate of drug-likeness (QED) is 0.367. The zero-order valence-corrected chi connectivity index (χ0v) is 9.06. The van der Waals surface area contributed by atoms with E-state index in [0.29, 0.717) is 5.69 Å². The van der Waals surface area contributed by atoms with Gasteiger partial charge in [-0.1, -0.05) is 0 Å². The van der Waals surface area contributed by atoms with E-state index in [4.69, 9.17) is 5.26 Å². The van der Waals surface area contributed by atoms with Crippen molar-refractivity contribution in [2.75, 3.05) is 7.11 Å². The van der Waals surface area contributed by atoms with Crippen LogP contribution in [0.4, 0.5) is 0 Å². The van der Waals surface area contributed by atoms with Crippen LogP contribution < -0.4 is 4.57 Å². The van der Waals surface area contributed by atoms with Crippen LogP contribution in [0.1, 0.15) is 5.69 Å². The van der Waals surface area contributed by atoms with E-state index in [1.807, 2.05) is 25.4 Å². The molecule has 15 heavy (non-hydrogen) atoms. The van der Waals surface area contributed by atoms with Crippen LogP contribution in [-0.4, -0.2) is 20.1 Å². The Morgan fingerprint density at radius 1 is 1.53 bits per heavy atom. The van der Waals surface area contributed by atoms with Crippen LogP contribution >= 0.6 is 0 Å². The molecule has 0 unspecified atom stereocenters. The molecule has 1 aromatic rings. The molecule has 0 atom stereocenters. The third-order valence-corrected chi connectivity index (χ3v) is 1.78. The van der Waals surface area contributed by atoms with Gasteiger partial charge in [0.05, 0.1) is 7.11 Å². The Hall–Kier alpha value is -1.49. The summed E-state index contributed by atoms with van der Waals surface area (Å²) < 4.78 is 32.8. The van der Waals surface area contributed by atoms with E-state index in [-0.39, 0.29) is 0 Å². The Labute approximate surface area is 88.3 Å². The SMILES string of the molecule is COS(=O)(=O)[O-].C[n+]1ccccc1C#N. The molecule has 0 aliphatic heterocycles. The van der Waals surface area contributed by atoms with Crippen molar-refractivity contribution >= 4 is 10.4 Å². The summed E-state index contributed by atoms with van der Waals surface area (Å²) in [6, 6.07) is 7.57. The highest BCUT2D eigenvalue weighted by molar-refractivity contribution is 7.80. The van der Waals surface area contributed by atoms with Gasteiger partial charge in [0.1, 0.15) is 7.05 Å². The Morgan fingerprint density at radius 3 is 2.33 bits per heavy atom. The first kappa shape index (κ1) is 13.5. The highest BCUT2D eigenvalue weighted by atomic mass is 32.3. The topological polar surface area (TPSA) is 94.1 Å². The monoisotopic (exact) mass is 230 g/mol. The third kappa shape index (κ3) is 6.56. The van der Waals surface area contributed by atoms with Crippen LogP contribution in [0.2, 0.25) is 0 Å². The minimum atomic E-state index is -4.41. The van der Waals surface area contributed by atoms with Gasteiger partial charge in [-0.3, -0.25) is 4.18 Å². The van der Waals surface area contributed by atoms with E-state index in [1.165, 1.54) is 0 Å². The molecule has 0 N–H and O–H groups in total. The van der Waals surface area contributed by atoms with Gasteiger partial charge < -0.3 is 4.55 Å². The molecule has 0 aliphatic carbocycles. The summed E-state index contributed by atoms with van der Waals surface area (Å²) in [6.45, 7) is 0. The predicted molar refractivity (Wildman–Crippen MR) is 49.0 cm³/mol. The van der Waals surface area contributed by atoms with Gasteiger partial charge in [-0.05, 0) is 6.07 Å². The smallest absolute Gasteiger partial charge is 0.283 e. The molecule has 0 aliphatic rings. The van der Waals surface area contributed by atoms with Gasteiger partial charge in [0, 0.05) is 12.1 Å². The molecule has 0 amide bonds. The molecule has 0 spiro atoms. The molecule has 1 rings (SSSR count). The normalized spacial score (nSPS) is 9.73. The van der Waals surface area contributed by atoms with Crippen molar-refractivity contribution in [3.63, 3.8) is 0 Å². The third-order valence-electron chi connectivity index (χ3n) is 1.37. The number of pyridine rings is 1. The number of nitriles is 1. The van der Waals surface area contributed by atoms with Gasteiger partial charge in [0.25, 0.3) is 5.69 Å². The van der Waals surface area contributed by atoms with Crippen LogP contribution in [0, 0.1) is 11.3 Å². The molecule has 0 bridgehead atoms. The maximum Gasteiger partial charge on any atom is 0.283 e. The molecular formula is C8H10N2O4S. The molecule has 0 radical (unpaired) electrons. The van der Waals surface area contributed by atoms with E-state index >= 15 is 0 Å². The Kier molecular flexibility index (Phi) is 5.48. The van der Waals surface area contributed by atoms with Gasteiger partial charge >= 0.3 is 0 Å². The lowest BCUT2D eigenvalue weighted by Gasteiger charge is -1.98. The summed E-state index contributed by atoms with van der Waals surface area (Å²) >= 11 is 0. The molecule has 0 fully saturated rings. The van der Waals surface area contributed by atoms with E-state index < -0.39 is 10.4 Å². The molecule has 6 nitrogen and oxygen atoms in total. The van der Waals surface area contributed by atoms with Crippen molar-refractivity contribution in [1.82, 2.24) is 0 Å². The van der Waals surface area contributed by atoms with Gasteiger partial charge in [-0.15, -0.1) is 0 Å². The fourth-order valence-electron chi connectivity index (χ4n) is 0.639. The zero-order valence-electron chi connectivity index (χ0n) is 8.25. The highest BCUT2D eigenvalue weighted by Gasteiger charge is 1.98. The first-order valence-electron chi connectivity index (χ1n) is 3.77. The summed E-state index contributed by atoms with van der Waals surface area (Å²) in [4.78, 5) is 0. The van der Waals surface area contributed by atoms with Crippen LogP contribution in [0.5, 0.6) is 0 Å². The molecule has 7 heteroatoms. The van der Waals surface area contributed by atoms with Gasteiger partial charge in [-0.2, -0.15) is 9.83 Å². The fourth-order valence-corrected chi connectivity index (χ4v) is 0.639. The Balaban J connectivity index is 0.000000288. The van der Waals surface area contributed by atoms with Gasteiger partial charge in [0.15, 0.2) is 12.3 Å². The summed E-state index contributed by atoms with van der Waals surface area (Å²) in [7, 11) is -1.76. The largest absolute Gasteiger partial charge is 0.726 e. The number of nitrogens with zero attached hydrogens (tertiary/aromatic N) is 2. The van der Waals surface area contributed by atoms with Crippen LogP contribution in [0.15, 0.2) is 24.4 Å². The van der Waals surface area contributed by atoms with Crippen LogP contribution in [-0.2, 0) is 21.6 Å². The number of aryl methyl sites for hydroxylation is 1. The second-order valence-corrected chi connectivity index (χ2v) is 3.53. The van der Waals surface area contributed by atoms with Crippen molar-refractivity contribution in [1.29, 1.82) is 5.26 Å². The molecule has 0 saturated heterocycles. The minimum Gasteiger partial charge on any atom is -0.726 e. The molecular weight excluding hydrogens is 220 g/mol. The van der Waals surface area contributed by atoms with Crippen LogP contribution in [0.25, 0.3) is 0 Å². The summed E-state index contributed by atoms with van der Waals surface area (Å²) in [5, 5.41) is 8.45. The number of aromatic nitrogens is 1. The summed E-state index contributed by atoms with van der Waals surface area (Å²) in [5.74, 6) is 0. The van der Waals surface area contributed by atoms with Crippen molar-refractivity contribution in [2.45, 2.75) is 0 Å². The fraction of sp³-hybridized carbons (Fsp3) is 0.250. The average molecular weight is 230 g/mol. The molecule has 82 valence electrons. The van der Waals surface area contributed by atoms with E-state index in [2.05, 4.69) is 10.3 Å². The maximum absolute atomic E-state index is 9.22. The Bertz CT molecular complexity index is 450. The maximum atomic E-state index is 9.22. The number of rotatable bonds is 1. The minimum absolute atomic E-state index is 0.678. The van der Waals surface area contributed by atoms with Gasteiger partial charge in [-0.25, -0.2) is 8.42 Å². The highest BCUT2D eigenvalue weighted by Crippen LogP contribution is 1.84. The summed E-state index contributed by atoms with van der Waals surface area (Å²) in [5.41, 5.74) is 0.678. The summed E-state index contributed by atoms with van der Waals surface area (Å²) in [6.07, 6.45) is 1.85. The van der Waals surface area contributed by atoms with E-state index in [9.17, 15) is 13.0 Å². The molecule has 0 aromatic carbocycles. The number of hydrogen-bond donors (Lipinski definition) is 0. The predicted octanol–water partition coefficient (Wildman–Crippen LogP) is -0.524. The lowest BCUT2D eigenvalue weighted by atomic mass is 10.4.